The van der Waals surface area contributed by atoms with Crippen molar-refractivity contribution >= 4 is 10.8 Å². The van der Waals surface area contributed by atoms with E-state index in [0.29, 0.717) is 18.2 Å². The average Bonchev–Trinajstić information content (AvgIpc) is 2.21. The summed E-state index contributed by atoms with van der Waals surface area (Å²) in [7, 11) is -0.912. The highest BCUT2D eigenvalue weighted by Crippen LogP contribution is 2.14. The van der Waals surface area contributed by atoms with E-state index in [-0.39, 0.29) is 0 Å². The van der Waals surface area contributed by atoms with Crippen LogP contribution < -0.4 is 5.73 Å². The van der Waals surface area contributed by atoms with Crippen LogP contribution in [0.4, 0.5) is 0 Å². The lowest BCUT2D eigenvalue weighted by Gasteiger charge is -2.09. The molecule has 2 atom stereocenters. The molecule has 0 amide bonds. The monoisotopic (exact) mass is 225 g/mol. The maximum Gasteiger partial charge on any atom is 0.0532 e. The molecular formula is C12H19NOS. The third-order valence-corrected chi connectivity index (χ3v) is 4.23. The molecule has 0 saturated heterocycles. The minimum Gasteiger partial charge on any atom is -0.330 e. The molecule has 1 aromatic rings. The van der Waals surface area contributed by atoms with Gasteiger partial charge in [0, 0.05) is 10.6 Å². The molecule has 0 spiro atoms. The molecule has 0 saturated carbocycles. The van der Waals surface area contributed by atoms with Gasteiger partial charge in [0.05, 0.1) is 10.8 Å². The highest BCUT2D eigenvalue weighted by atomic mass is 32.2. The quantitative estimate of drug-likeness (QED) is 0.851. The summed E-state index contributed by atoms with van der Waals surface area (Å²) in [6.45, 7) is 6.72. The van der Waals surface area contributed by atoms with Crippen LogP contribution in [-0.2, 0) is 10.8 Å². The van der Waals surface area contributed by atoms with Crippen molar-refractivity contribution in [3.63, 3.8) is 0 Å². The first-order valence-corrected chi connectivity index (χ1v) is 6.52. The average molecular weight is 225 g/mol. The van der Waals surface area contributed by atoms with Crippen LogP contribution in [0.25, 0.3) is 0 Å². The standard InChI is InChI=1S/C12H19NOS/c1-9(7-13)8-15(14)12-5-4-10(2)11(3)6-12/h4-6,9H,7-8,13H2,1-3H3. The maximum absolute atomic E-state index is 11.9. The zero-order chi connectivity index (χ0) is 11.4. The normalized spacial score (nSPS) is 14.9. The van der Waals surface area contributed by atoms with Crippen LogP contribution in [0.3, 0.4) is 0 Å². The van der Waals surface area contributed by atoms with Gasteiger partial charge in [-0.05, 0) is 49.6 Å². The molecule has 2 nitrogen and oxygen atoms in total. The zero-order valence-corrected chi connectivity index (χ0v) is 10.4. The molecule has 0 aliphatic carbocycles. The number of hydrogen-bond donors (Lipinski definition) is 1. The van der Waals surface area contributed by atoms with Crippen molar-refractivity contribution in [1.82, 2.24) is 0 Å². The Hall–Kier alpha value is -0.670. The third-order valence-electron chi connectivity index (χ3n) is 2.58. The molecule has 0 fully saturated rings. The van der Waals surface area contributed by atoms with E-state index in [2.05, 4.69) is 6.92 Å². The van der Waals surface area contributed by atoms with Gasteiger partial charge in [-0.2, -0.15) is 0 Å². The van der Waals surface area contributed by atoms with Crippen molar-refractivity contribution in [2.24, 2.45) is 11.7 Å². The van der Waals surface area contributed by atoms with Crippen LogP contribution in [0.2, 0.25) is 0 Å². The summed E-state index contributed by atoms with van der Waals surface area (Å²) in [5.74, 6) is 0.964. The van der Waals surface area contributed by atoms with Crippen molar-refractivity contribution < 1.29 is 4.21 Å². The van der Waals surface area contributed by atoms with Crippen LogP contribution >= 0.6 is 0 Å². The highest BCUT2D eigenvalue weighted by Gasteiger charge is 2.09. The second-order valence-electron chi connectivity index (χ2n) is 4.10. The van der Waals surface area contributed by atoms with E-state index in [0.717, 1.165) is 4.90 Å². The van der Waals surface area contributed by atoms with Gasteiger partial charge in [0.1, 0.15) is 0 Å². The minimum atomic E-state index is -0.912. The van der Waals surface area contributed by atoms with Gasteiger partial charge in [0.15, 0.2) is 0 Å². The van der Waals surface area contributed by atoms with Gasteiger partial charge in [-0.3, -0.25) is 4.21 Å². The van der Waals surface area contributed by atoms with Crippen molar-refractivity contribution in [3.05, 3.63) is 29.3 Å². The minimum absolute atomic E-state index is 0.312. The Kier molecular flexibility index (Phi) is 4.48. The number of nitrogens with two attached hydrogens (primary N) is 1. The summed E-state index contributed by atoms with van der Waals surface area (Å²) in [5, 5.41) is 0. The first-order chi connectivity index (χ1) is 7.04. The first-order valence-electron chi connectivity index (χ1n) is 5.20. The van der Waals surface area contributed by atoms with E-state index in [9.17, 15) is 4.21 Å². The fourth-order valence-electron chi connectivity index (χ4n) is 1.28. The van der Waals surface area contributed by atoms with Crippen molar-refractivity contribution in [2.75, 3.05) is 12.3 Å². The van der Waals surface area contributed by atoms with Crippen LogP contribution in [0, 0.1) is 19.8 Å². The lowest BCUT2D eigenvalue weighted by atomic mass is 10.1. The Morgan fingerprint density at radius 1 is 1.33 bits per heavy atom. The van der Waals surface area contributed by atoms with Gasteiger partial charge in [-0.15, -0.1) is 0 Å². The number of benzene rings is 1. The summed E-state index contributed by atoms with van der Waals surface area (Å²) in [5.41, 5.74) is 7.95. The lowest BCUT2D eigenvalue weighted by Crippen LogP contribution is -2.17. The topological polar surface area (TPSA) is 43.1 Å². The van der Waals surface area contributed by atoms with Crippen molar-refractivity contribution in [1.29, 1.82) is 0 Å². The van der Waals surface area contributed by atoms with Gasteiger partial charge in [-0.25, -0.2) is 0 Å². The highest BCUT2D eigenvalue weighted by molar-refractivity contribution is 7.85. The smallest absolute Gasteiger partial charge is 0.0532 e. The summed E-state index contributed by atoms with van der Waals surface area (Å²) in [4.78, 5) is 0.915. The van der Waals surface area contributed by atoms with Crippen LogP contribution in [0.5, 0.6) is 0 Å². The molecule has 0 aliphatic rings. The summed E-state index contributed by atoms with van der Waals surface area (Å²) in [6.07, 6.45) is 0. The Morgan fingerprint density at radius 2 is 2.00 bits per heavy atom. The molecule has 0 aliphatic heterocycles. The summed E-state index contributed by atoms with van der Waals surface area (Å²) < 4.78 is 11.9. The predicted molar refractivity (Wildman–Crippen MR) is 65.4 cm³/mol. The largest absolute Gasteiger partial charge is 0.330 e. The van der Waals surface area contributed by atoms with Crippen LogP contribution in [0.15, 0.2) is 23.1 Å². The molecule has 15 heavy (non-hydrogen) atoms. The number of hydrogen-bond acceptors (Lipinski definition) is 2. The summed E-state index contributed by atoms with van der Waals surface area (Å²) in [6, 6.07) is 5.98. The van der Waals surface area contributed by atoms with E-state index in [1.54, 1.807) is 0 Å². The molecule has 84 valence electrons. The second kappa shape index (κ2) is 5.42. The van der Waals surface area contributed by atoms with Crippen LogP contribution in [-0.4, -0.2) is 16.5 Å². The van der Waals surface area contributed by atoms with Crippen LogP contribution in [0.1, 0.15) is 18.1 Å². The van der Waals surface area contributed by atoms with Crippen molar-refractivity contribution in [2.45, 2.75) is 25.7 Å². The molecule has 2 unspecified atom stereocenters. The van der Waals surface area contributed by atoms with E-state index in [1.165, 1.54) is 11.1 Å². The third kappa shape index (κ3) is 3.43. The fourth-order valence-corrected chi connectivity index (χ4v) is 2.65. The van der Waals surface area contributed by atoms with Gasteiger partial charge in [-0.1, -0.05) is 13.0 Å². The van der Waals surface area contributed by atoms with Gasteiger partial charge < -0.3 is 5.73 Å². The van der Waals surface area contributed by atoms with E-state index in [1.807, 2.05) is 32.0 Å². The molecule has 0 radical (unpaired) electrons. The molecule has 0 aromatic heterocycles. The number of aryl methyl sites for hydroxylation is 2. The Morgan fingerprint density at radius 3 is 2.53 bits per heavy atom. The van der Waals surface area contributed by atoms with Crippen molar-refractivity contribution in [3.8, 4) is 0 Å². The second-order valence-corrected chi connectivity index (χ2v) is 5.59. The van der Waals surface area contributed by atoms with E-state index >= 15 is 0 Å². The lowest BCUT2D eigenvalue weighted by molar-refractivity contribution is 0.641. The predicted octanol–water partition coefficient (Wildman–Crippen LogP) is 2.01. The Labute approximate surface area is 94.3 Å². The Balaban J connectivity index is 2.78. The molecule has 1 rings (SSSR count). The first kappa shape index (κ1) is 12.4. The molecule has 0 bridgehead atoms. The zero-order valence-electron chi connectivity index (χ0n) is 9.62. The molecule has 1 aromatic carbocycles. The van der Waals surface area contributed by atoms with Gasteiger partial charge in [0.25, 0.3) is 0 Å². The summed E-state index contributed by atoms with van der Waals surface area (Å²) >= 11 is 0. The molecule has 0 heterocycles. The molecule has 3 heteroatoms. The van der Waals surface area contributed by atoms with E-state index < -0.39 is 10.8 Å². The molecular weight excluding hydrogens is 206 g/mol. The molecule has 2 N–H and O–H groups in total. The maximum atomic E-state index is 11.9. The number of rotatable bonds is 4. The van der Waals surface area contributed by atoms with Gasteiger partial charge in [0.2, 0.25) is 0 Å². The fraction of sp³-hybridized carbons (Fsp3) is 0.500. The SMILES string of the molecule is Cc1ccc(S(=O)CC(C)CN)cc1C. The van der Waals surface area contributed by atoms with Gasteiger partial charge >= 0.3 is 0 Å². The van der Waals surface area contributed by atoms with E-state index in [4.69, 9.17) is 5.73 Å². The Bertz CT molecular complexity index is 363.